The molecular formula is C13H14BrN3. The van der Waals surface area contributed by atoms with E-state index < -0.39 is 0 Å². The number of nitrogens with one attached hydrogen (secondary N) is 1. The van der Waals surface area contributed by atoms with Crippen LogP contribution in [0.25, 0.3) is 0 Å². The first-order chi connectivity index (χ1) is 8.29. The molecule has 2 aromatic rings. The van der Waals surface area contributed by atoms with Crippen molar-refractivity contribution in [1.29, 1.82) is 0 Å². The van der Waals surface area contributed by atoms with Crippen molar-refractivity contribution in [1.82, 2.24) is 9.97 Å². The maximum Gasteiger partial charge on any atom is 0.126 e. The maximum absolute atomic E-state index is 4.38. The first kappa shape index (κ1) is 12.0. The van der Waals surface area contributed by atoms with Crippen LogP contribution in [-0.4, -0.2) is 9.97 Å². The van der Waals surface area contributed by atoms with Gasteiger partial charge in [-0.05, 0) is 46.1 Å². The van der Waals surface area contributed by atoms with Gasteiger partial charge in [0.1, 0.15) is 5.82 Å². The molecular weight excluding hydrogens is 278 g/mol. The Morgan fingerprint density at radius 3 is 2.82 bits per heavy atom. The Balaban J connectivity index is 2.04. The van der Waals surface area contributed by atoms with Gasteiger partial charge < -0.3 is 5.32 Å². The highest BCUT2D eigenvalue weighted by Crippen LogP contribution is 2.12. The standard InChI is InChI=1S/C13H14BrN3/c1-2-10-4-3-7-15-12(10)9-17-13-6-5-11(14)8-16-13/h3-8H,2,9H2,1H3,(H,16,17). The highest BCUT2D eigenvalue weighted by Gasteiger charge is 2.01. The van der Waals surface area contributed by atoms with Crippen LogP contribution in [0, 0.1) is 0 Å². The molecule has 0 saturated heterocycles. The van der Waals surface area contributed by atoms with Crippen LogP contribution in [0.2, 0.25) is 0 Å². The first-order valence-corrected chi connectivity index (χ1v) is 6.37. The summed E-state index contributed by atoms with van der Waals surface area (Å²) in [5, 5.41) is 3.27. The third kappa shape index (κ3) is 3.27. The van der Waals surface area contributed by atoms with Crippen LogP contribution >= 0.6 is 15.9 Å². The molecule has 0 aliphatic heterocycles. The van der Waals surface area contributed by atoms with Crippen LogP contribution in [0.15, 0.2) is 41.1 Å². The second kappa shape index (κ2) is 5.77. The van der Waals surface area contributed by atoms with E-state index in [1.807, 2.05) is 24.4 Å². The highest BCUT2D eigenvalue weighted by atomic mass is 79.9. The lowest BCUT2D eigenvalue weighted by Crippen LogP contribution is -2.05. The molecule has 0 spiro atoms. The number of hydrogen-bond acceptors (Lipinski definition) is 3. The number of aromatic nitrogens is 2. The number of hydrogen-bond donors (Lipinski definition) is 1. The van der Waals surface area contributed by atoms with Gasteiger partial charge in [0, 0.05) is 16.9 Å². The molecule has 0 bridgehead atoms. The van der Waals surface area contributed by atoms with Gasteiger partial charge in [-0.25, -0.2) is 4.98 Å². The van der Waals surface area contributed by atoms with Crippen LogP contribution < -0.4 is 5.32 Å². The smallest absolute Gasteiger partial charge is 0.126 e. The van der Waals surface area contributed by atoms with E-state index in [2.05, 4.69) is 44.2 Å². The van der Waals surface area contributed by atoms with Gasteiger partial charge in [0.2, 0.25) is 0 Å². The average Bonchev–Trinajstić information content (AvgIpc) is 2.38. The lowest BCUT2D eigenvalue weighted by molar-refractivity contribution is 0.964. The molecule has 0 amide bonds. The summed E-state index contributed by atoms with van der Waals surface area (Å²) in [7, 11) is 0. The first-order valence-electron chi connectivity index (χ1n) is 5.58. The Kier molecular flexibility index (Phi) is 4.09. The van der Waals surface area contributed by atoms with Crippen LogP contribution in [-0.2, 0) is 13.0 Å². The SMILES string of the molecule is CCc1cccnc1CNc1ccc(Br)cn1. The molecule has 0 aromatic carbocycles. The van der Waals surface area contributed by atoms with Crippen molar-refractivity contribution in [3.05, 3.63) is 52.4 Å². The molecule has 0 aliphatic carbocycles. The second-order valence-electron chi connectivity index (χ2n) is 3.68. The maximum atomic E-state index is 4.38. The minimum Gasteiger partial charge on any atom is -0.364 e. The van der Waals surface area contributed by atoms with Gasteiger partial charge in [-0.1, -0.05) is 13.0 Å². The zero-order chi connectivity index (χ0) is 12.1. The van der Waals surface area contributed by atoms with Gasteiger partial charge in [0.15, 0.2) is 0 Å². The van der Waals surface area contributed by atoms with E-state index in [1.54, 1.807) is 6.20 Å². The van der Waals surface area contributed by atoms with Gasteiger partial charge in [0.25, 0.3) is 0 Å². The van der Waals surface area contributed by atoms with Gasteiger partial charge in [0.05, 0.1) is 12.2 Å². The quantitative estimate of drug-likeness (QED) is 0.938. The van der Waals surface area contributed by atoms with Gasteiger partial charge in [-0.15, -0.1) is 0 Å². The fourth-order valence-corrected chi connectivity index (χ4v) is 1.84. The predicted molar refractivity (Wildman–Crippen MR) is 72.9 cm³/mol. The van der Waals surface area contributed by atoms with Crippen molar-refractivity contribution in [3.8, 4) is 0 Å². The van der Waals surface area contributed by atoms with Gasteiger partial charge in [-0.3, -0.25) is 4.98 Å². The van der Waals surface area contributed by atoms with Crippen LogP contribution in [0.1, 0.15) is 18.2 Å². The number of pyridine rings is 2. The molecule has 4 heteroatoms. The second-order valence-corrected chi connectivity index (χ2v) is 4.59. The van der Waals surface area contributed by atoms with Crippen molar-refractivity contribution < 1.29 is 0 Å². The predicted octanol–water partition coefficient (Wildman–Crippen LogP) is 3.41. The number of aryl methyl sites for hydroxylation is 1. The van der Waals surface area contributed by atoms with Crippen molar-refractivity contribution in [2.75, 3.05) is 5.32 Å². The molecule has 0 radical (unpaired) electrons. The van der Waals surface area contributed by atoms with E-state index in [0.29, 0.717) is 6.54 Å². The van der Waals surface area contributed by atoms with Crippen LogP contribution in [0.3, 0.4) is 0 Å². The fourth-order valence-electron chi connectivity index (χ4n) is 1.61. The molecule has 17 heavy (non-hydrogen) atoms. The Bertz CT molecular complexity index is 482. The average molecular weight is 292 g/mol. The summed E-state index contributed by atoms with van der Waals surface area (Å²) in [5.74, 6) is 0.862. The monoisotopic (exact) mass is 291 g/mol. The summed E-state index contributed by atoms with van der Waals surface area (Å²) < 4.78 is 0.982. The number of nitrogens with zero attached hydrogens (tertiary/aromatic N) is 2. The van der Waals surface area contributed by atoms with E-state index in [9.17, 15) is 0 Å². The largest absolute Gasteiger partial charge is 0.364 e. The molecule has 0 atom stereocenters. The van der Waals surface area contributed by atoms with E-state index in [1.165, 1.54) is 5.56 Å². The fraction of sp³-hybridized carbons (Fsp3) is 0.231. The molecule has 0 unspecified atom stereocenters. The van der Waals surface area contributed by atoms with Crippen LogP contribution in [0.4, 0.5) is 5.82 Å². The summed E-state index contributed by atoms with van der Waals surface area (Å²) in [4.78, 5) is 8.65. The molecule has 0 fully saturated rings. The minimum atomic E-state index is 0.707. The molecule has 1 N–H and O–H groups in total. The van der Waals surface area contributed by atoms with E-state index in [-0.39, 0.29) is 0 Å². The van der Waals surface area contributed by atoms with Crippen LogP contribution in [0.5, 0.6) is 0 Å². The number of halogens is 1. The zero-order valence-electron chi connectivity index (χ0n) is 9.65. The van der Waals surface area contributed by atoms with E-state index in [4.69, 9.17) is 0 Å². The zero-order valence-corrected chi connectivity index (χ0v) is 11.2. The molecule has 2 heterocycles. The Labute approximate surface area is 109 Å². The van der Waals surface area contributed by atoms with Gasteiger partial charge >= 0.3 is 0 Å². The third-order valence-corrected chi connectivity index (χ3v) is 3.00. The van der Waals surface area contributed by atoms with E-state index >= 15 is 0 Å². The Morgan fingerprint density at radius 1 is 1.24 bits per heavy atom. The topological polar surface area (TPSA) is 37.8 Å². The summed E-state index contributed by atoms with van der Waals surface area (Å²) in [5.41, 5.74) is 2.36. The third-order valence-electron chi connectivity index (χ3n) is 2.53. The Morgan fingerprint density at radius 2 is 2.12 bits per heavy atom. The Hall–Kier alpha value is -1.42. The molecule has 2 rings (SSSR count). The summed E-state index contributed by atoms with van der Waals surface area (Å²) >= 11 is 3.36. The normalized spacial score (nSPS) is 10.2. The lowest BCUT2D eigenvalue weighted by Gasteiger charge is -2.08. The minimum absolute atomic E-state index is 0.707. The van der Waals surface area contributed by atoms with Crippen molar-refractivity contribution >= 4 is 21.7 Å². The number of anilines is 1. The molecule has 2 aromatic heterocycles. The van der Waals surface area contributed by atoms with Gasteiger partial charge in [-0.2, -0.15) is 0 Å². The number of rotatable bonds is 4. The molecule has 3 nitrogen and oxygen atoms in total. The molecule has 0 aliphatic rings. The molecule has 88 valence electrons. The summed E-state index contributed by atoms with van der Waals surface area (Å²) in [6.45, 7) is 2.84. The van der Waals surface area contributed by atoms with Crippen molar-refractivity contribution in [2.45, 2.75) is 19.9 Å². The molecule has 0 saturated carbocycles. The lowest BCUT2D eigenvalue weighted by atomic mass is 10.1. The summed E-state index contributed by atoms with van der Waals surface area (Å²) in [6, 6.07) is 7.99. The summed E-state index contributed by atoms with van der Waals surface area (Å²) in [6.07, 6.45) is 4.60. The van der Waals surface area contributed by atoms with Crippen molar-refractivity contribution in [3.63, 3.8) is 0 Å². The highest BCUT2D eigenvalue weighted by molar-refractivity contribution is 9.10. The van der Waals surface area contributed by atoms with Crippen molar-refractivity contribution in [2.24, 2.45) is 0 Å². The van der Waals surface area contributed by atoms with E-state index in [0.717, 1.165) is 22.4 Å².